The van der Waals surface area contributed by atoms with Gasteiger partial charge in [-0.3, -0.25) is 0 Å². The lowest BCUT2D eigenvalue weighted by Crippen LogP contribution is -2.44. The molecule has 1 heterocycles. The number of hydrogen-bond donors (Lipinski definition) is 1. The van der Waals surface area contributed by atoms with E-state index in [2.05, 4.69) is 39.2 Å². The van der Waals surface area contributed by atoms with E-state index in [0.29, 0.717) is 28.4 Å². The number of carbonyl (C=O) groups is 1. The van der Waals surface area contributed by atoms with Crippen molar-refractivity contribution in [3.8, 4) is 6.07 Å². The first-order valence-corrected chi connectivity index (χ1v) is 12.0. The molecular formula is C19H27ClN3O2Si. The SMILES string of the molecule is Cc1c(NC(=O)N2[CH][C@@H](O[Si](C)(C)C(C)(C)C)CC2)ccc(C#N)c1Cl. The Labute approximate surface area is 162 Å². The molecule has 141 valence electrons. The summed E-state index contributed by atoms with van der Waals surface area (Å²) < 4.78 is 6.37. The third kappa shape index (κ3) is 4.40. The molecule has 2 amide bonds. The molecule has 0 spiro atoms. The van der Waals surface area contributed by atoms with Gasteiger partial charge in [-0.25, -0.2) is 4.79 Å². The number of likely N-dealkylation sites (tertiary alicyclic amines) is 1. The van der Waals surface area contributed by atoms with Gasteiger partial charge in [0, 0.05) is 12.2 Å². The van der Waals surface area contributed by atoms with Gasteiger partial charge in [-0.1, -0.05) is 32.4 Å². The fourth-order valence-electron chi connectivity index (χ4n) is 2.52. The third-order valence-electron chi connectivity index (χ3n) is 5.26. The molecule has 1 aliphatic heterocycles. The number of nitrogens with zero attached hydrogens (tertiary/aromatic N) is 2. The monoisotopic (exact) mass is 392 g/mol. The van der Waals surface area contributed by atoms with Crippen LogP contribution >= 0.6 is 11.6 Å². The molecule has 0 aliphatic carbocycles. The summed E-state index contributed by atoms with van der Waals surface area (Å²) in [6, 6.07) is 5.14. The first-order chi connectivity index (χ1) is 12.0. The molecule has 0 unspecified atom stereocenters. The summed E-state index contributed by atoms with van der Waals surface area (Å²) in [6.07, 6.45) is 0.764. The molecule has 1 N–H and O–H groups in total. The van der Waals surface area contributed by atoms with Gasteiger partial charge in [0.15, 0.2) is 8.32 Å². The van der Waals surface area contributed by atoms with E-state index in [1.54, 1.807) is 24.0 Å². The Kier molecular flexibility index (Phi) is 6.06. The van der Waals surface area contributed by atoms with Crippen LogP contribution in [0.3, 0.4) is 0 Å². The second-order valence-corrected chi connectivity index (χ2v) is 13.3. The number of nitriles is 1. The summed E-state index contributed by atoms with van der Waals surface area (Å²) in [4.78, 5) is 14.2. The molecule has 7 heteroatoms. The second kappa shape index (κ2) is 7.59. The maximum atomic E-state index is 12.6. The summed E-state index contributed by atoms with van der Waals surface area (Å²) in [7, 11) is -1.87. The van der Waals surface area contributed by atoms with Gasteiger partial charge >= 0.3 is 6.03 Å². The first-order valence-electron chi connectivity index (χ1n) is 8.76. The summed E-state index contributed by atoms with van der Waals surface area (Å²) in [6.45, 7) is 15.3. The van der Waals surface area contributed by atoms with Gasteiger partial charge in [0.1, 0.15) is 6.07 Å². The maximum Gasteiger partial charge on any atom is 0.322 e. The highest BCUT2D eigenvalue weighted by atomic mass is 35.5. The van der Waals surface area contributed by atoms with E-state index in [-0.39, 0.29) is 17.2 Å². The van der Waals surface area contributed by atoms with E-state index in [1.807, 2.05) is 12.6 Å². The van der Waals surface area contributed by atoms with E-state index in [0.717, 1.165) is 6.42 Å². The summed E-state index contributed by atoms with van der Waals surface area (Å²) >= 11 is 6.17. The Hall–Kier alpha value is -1.55. The highest BCUT2D eigenvalue weighted by molar-refractivity contribution is 6.74. The minimum absolute atomic E-state index is 0.0349. The molecule has 0 aromatic heterocycles. The molecule has 1 aliphatic rings. The van der Waals surface area contributed by atoms with Crippen LogP contribution in [0, 0.1) is 24.8 Å². The van der Waals surface area contributed by atoms with Crippen molar-refractivity contribution in [1.29, 1.82) is 5.26 Å². The van der Waals surface area contributed by atoms with Crippen molar-refractivity contribution < 1.29 is 9.22 Å². The van der Waals surface area contributed by atoms with E-state index in [9.17, 15) is 4.79 Å². The highest BCUT2D eigenvalue weighted by Crippen LogP contribution is 2.39. The molecule has 0 saturated carbocycles. The predicted octanol–water partition coefficient (Wildman–Crippen LogP) is 5.31. The van der Waals surface area contributed by atoms with Crippen molar-refractivity contribution in [1.82, 2.24) is 4.90 Å². The van der Waals surface area contributed by atoms with Crippen LogP contribution in [0.1, 0.15) is 38.3 Å². The van der Waals surface area contributed by atoms with E-state index >= 15 is 0 Å². The van der Waals surface area contributed by atoms with Crippen LogP contribution < -0.4 is 5.32 Å². The molecule has 1 radical (unpaired) electrons. The van der Waals surface area contributed by atoms with Crippen LogP contribution in [-0.2, 0) is 4.43 Å². The summed E-state index contributed by atoms with van der Waals surface area (Å²) in [5.41, 5.74) is 1.70. The molecule has 1 saturated heterocycles. The topological polar surface area (TPSA) is 65.4 Å². The number of hydrogen-bond acceptors (Lipinski definition) is 3. The van der Waals surface area contributed by atoms with Crippen LogP contribution in [-0.4, -0.2) is 31.9 Å². The average molecular weight is 393 g/mol. The van der Waals surface area contributed by atoms with E-state index in [4.69, 9.17) is 21.3 Å². The number of nitrogens with one attached hydrogen (secondary N) is 1. The van der Waals surface area contributed by atoms with Crippen molar-refractivity contribution in [3.05, 3.63) is 34.8 Å². The predicted molar refractivity (Wildman–Crippen MR) is 108 cm³/mol. The third-order valence-corrected chi connectivity index (χ3v) is 10.3. The molecule has 0 bridgehead atoms. The largest absolute Gasteiger partial charge is 0.412 e. The fraction of sp³-hybridized carbons (Fsp3) is 0.526. The van der Waals surface area contributed by atoms with Crippen LogP contribution in [0.2, 0.25) is 23.2 Å². The van der Waals surface area contributed by atoms with Gasteiger partial charge in [-0.05, 0) is 49.2 Å². The lowest BCUT2D eigenvalue weighted by atomic mass is 10.1. The molecule has 1 atom stereocenters. The van der Waals surface area contributed by atoms with Crippen molar-refractivity contribution in [3.63, 3.8) is 0 Å². The number of benzene rings is 1. The highest BCUT2D eigenvalue weighted by Gasteiger charge is 2.41. The Balaban J connectivity index is 2.01. The smallest absolute Gasteiger partial charge is 0.322 e. The van der Waals surface area contributed by atoms with Crippen LogP contribution in [0.25, 0.3) is 0 Å². The van der Waals surface area contributed by atoms with Gasteiger partial charge < -0.3 is 14.6 Å². The van der Waals surface area contributed by atoms with Crippen molar-refractivity contribution >= 4 is 31.6 Å². The number of anilines is 1. The molecule has 2 rings (SSSR count). The molecule has 26 heavy (non-hydrogen) atoms. The van der Waals surface area contributed by atoms with Gasteiger partial charge in [0.05, 0.1) is 23.2 Å². The van der Waals surface area contributed by atoms with Crippen LogP contribution in [0.4, 0.5) is 10.5 Å². The molecule has 1 fully saturated rings. The lowest BCUT2D eigenvalue weighted by molar-refractivity contribution is 0.206. The van der Waals surface area contributed by atoms with E-state index < -0.39 is 8.32 Å². The fourth-order valence-corrected chi connectivity index (χ4v) is 4.02. The van der Waals surface area contributed by atoms with Gasteiger partial charge in [-0.15, -0.1) is 0 Å². The van der Waals surface area contributed by atoms with E-state index in [1.165, 1.54) is 0 Å². The first kappa shape index (κ1) is 20.8. The second-order valence-electron chi connectivity index (χ2n) is 8.19. The van der Waals surface area contributed by atoms with Crippen molar-refractivity contribution in [2.24, 2.45) is 0 Å². The minimum atomic E-state index is -1.87. The quantitative estimate of drug-likeness (QED) is 0.708. The Morgan fingerprint density at radius 3 is 2.65 bits per heavy atom. The van der Waals surface area contributed by atoms with Crippen molar-refractivity contribution in [2.45, 2.75) is 58.4 Å². The van der Waals surface area contributed by atoms with Crippen LogP contribution in [0.5, 0.6) is 0 Å². The minimum Gasteiger partial charge on any atom is -0.412 e. The zero-order valence-electron chi connectivity index (χ0n) is 16.3. The summed E-state index contributed by atoms with van der Waals surface area (Å²) in [5, 5.41) is 12.4. The number of halogens is 1. The Bertz CT molecular complexity index is 738. The van der Waals surface area contributed by atoms with Crippen LogP contribution in [0.15, 0.2) is 12.1 Å². The maximum absolute atomic E-state index is 12.6. The lowest BCUT2D eigenvalue weighted by Gasteiger charge is -2.38. The summed E-state index contributed by atoms with van der Waals surface area (Å²) in [5.74, 6) is 0. The zero-order valence-corrected chi connectivity index (χ0v) is 18.1. The number of amides is 2. The van der Waals surface area contributed by atoms with Gasteiger partial charge in [0.2, 0.25) is 0 Å². The standard InChI is InChI=1S/C19H27ClN3O2Si/c1-13-16(8-7-14(11-21)17(13)20)22-18(24)23-10-9-15(12-23)25-26(5,6)19(2,3)4/h7-8,12,15H,9-10H2,1-6H3,(H,22,24)/t15-/m0/s1. The number of urea groups is 1. The molecular weight excluding hydrogens is 366 g/mol. The molecule has 1 aromatic rings. The zero-order chi connectivity index (χ0) is 19.7. The Morgan fingerprint density at radius 2 is 2.08 bits per heavy atom. The normalized spacial score (nSPS) is 17.9. The number of carbonyl (C=O) groups excluding carboxylic acids is 1. The average Bonchev–Trinajstić information content (AvgIpc) is 2.99. The van der Waals surface area contributed by atoms with Gasteiger partial charge in [-0.2, -0.15) is 5.26 Å². The molecule has 1 aromatic carbocycles. The van der Waals surface area contributed by atoms with Gasteiger partial charge in [0.25, 0.3) is 0 Å². The van der Waals surface area contributed by atoms with Crippen molar-refractivity contribution in [2.75, 3.05) is 11.9 Å². The Morgan fingerprint density at radius 1 is 1.42 bits per heavy atom. The molecule has 5 nitrogen and oxygen atoms in total. The number of rotatable bonds is 3.